The number of benzene rings is 2. The summed E-state index contributed by atoms with van der Waals surface area (Å²) in [7, 11) is 1.51. The summed E-state index contributed by atoms with van der Waals surface area (Å²) in [5, 5.41) is 8.63. The Hall–Kier alpha value is -2.89. The normalized spacial score (nSPS) is 10.2. The van der Waals surface area contributed by atoms with Crippen LogP contribution in [0, 0.1) is 5.82 Å². The second-order valence-corrected chi connectivity index (χ2v) is 4.94. The Balaban J connectivity index is 1.96. The molecule has 2 aromatic rings. The summed E-state index contributed by atoms with van der Waals surface area (Å²) in [4.78, 5) is 23.5. The molecule has 23 heavy (non-hydrogen) atoms. The van der Waals surface area contributed by atoms with Gasteiger partial charge in [-0.25, -0.2) is 4.39 Å². The summed E-state index contributed by atoms with van der Waals surface area (Å²) < 4.78 is 18.6. The first-order chi connectivity index (χ1) is 11.0. The third-order valence-electron chi connectivity index (χ3n) is 3.20. The van der Waals surface area contributed by atoms with Crippen LogP contribution in [0.4, 0.5) is 10.1 Å². The van der Waals surface area contributed by atoms with Crippen molar-refractivity contribution in [2.24, 2.45) is 0 Å². The van der Waals surface area contributed by atoms with E-state index in [1.54, 1.807) is 36.4 Å². The minimum atomic E-state index is -1.17. The second kappa shape index (κ2) is 7.40. The van der Waals surface area contributed by atoms with E-state index in [0.29, 0.717) is 17.0 Å². The SMILES string of the molecule is CN(C(=O)CC(=O)O)c1ccc(OCc2cccc(F)c2)cc1. The predicted octanol–water partition coefficient (Wildman–Crippen LogP) is 2.84. The van der Waals surface area contributed by atoms with Crippen LogP contribution in [0.15, 0.2) is 48.5 Å². The van der Waals surface area contributed by atoms with Crippen LogP contribution >= 0.6 is 0 Å². The smallest absolute Gasteiger partial charge is 0.312 e. The Kier molecular flexibility index (Phi) is 5.30. The Labute approximate surface area is 132 Å². The van der Waals surface area contributed by atoms with E-state index < -0.39 is 18.3 Å². The number of aliphatic carboxylic acids is 1. The zero-order valence-electron chi connectivity index (χ0n) is 12.5. The number of halogens is 1. The summed E-state index contributed by atoms with van der Waals surface area (Å²) in [5.74, 6) is -1.43. The maximum atomic E-state index is 13.1. The number of carbonyl (C=O) groups excluding carboxylic acids is 1. The van der Waals surface area contributed by atoms with Gasteiger partial charge in [0.15, 0.2) is 0 Å². The first kappa shape index (κ1) is 16.5. The number of carbonyl (C=O) groups is 2. The summed E-state index contributed by atoms with van der Waals surface area (Å²) >= 11 is 0. The molecule has 2 aromatic carbocycles. The van der Waals surface area contributed by atoms with Crippen LogP contribution in [0.25, 0.3) is 0 Å². The van der Waals surface area contributed by atoms with Crippen molar-refractivity contribution in [1.82, 2.24) is 0 Å². The molecule has 1 amide bonds. The van der Waals surface area contributed by atoms with Gasteiger partial charge in [0.2, 0.25) is 5.91 Å². The number of hydrogen-bond acceptors (Lipinski definition) is 3. The average molecular weight is 317 g/mol. The van der Waals surface area contributed by atoms with Crippen molar-refractivity contribution in [1.29, 1.82) is 0 Å². The molecule has 0 aliphatic carbocycles. The standard InChI is InChI=1S/C17H16FNO4/c1-19(16(20)10-17(21)22)14-5-7-15(8-6-14)23-11-12-3-2-4-13(18)9-12/h2-9H,10-11H2,1H3,(H,21,22). The molecule has 0 saturated carbocycles. The molecule has 0 aliphatic rings. The van der Waals surface area contributed by atoms with Crippen molar-refractivity contribution in [2.75, 3.05) is 11.9 Å². The van der Waals surface area contributed by atoms with Gasteiger partial charge in [-0.2, -0.15) is 0 Å². The Morgan fingerprint density at radius 3 is 2.48 bits per heavy atom. The average Bonchev–Trinajstić information content (AvgIpc) is 2.52. The van der Waals surface area contributed by atoms with Crippen LogP contribution in [0.3, 0.4) is 0 Å². The van der Waals surface area contributed by atoms with Crippen molar-refractivity contribution in [2.45, 2.75) is 13.0 Å². The minimum absolute atomic E-state index is 0.227. The lowest BCUT2D eigenvalue weighted by atomic mass is 10.2. The number of anilines is 1. The van der Waals surface area contributed by atoms with Crippen LogP contribution < -0.4 is 9.64 Å². The molecule has 0 atom stereocenters. The third kappa shape index (κ3) is 4.81. The maximum Gasteiger partial charge on any atom is 0.312 e. The van der Waals surface area contributed by atoms with Gasteiger partial charge in [-0.05, 0) is 42.0 Å². The van der Waals surface area contributed by atoms with E-state index in [1.165, 1.54) is 24.1 Å². The highest BCUT2D eigenvalue weighted by Crippen LogP contribution is 2.20. The Morgan fingerprint density at radius 1 is 1.17 bits per heavy atom. The topological polar surface area (TPSA) is 66.8 Å². The lowest BCUT2D eigenvalue weighted by Gasteiger charge is -2.16. The fraction of sp³-hybridized carbons (Fsp3) is 0.176. The van der Waals surface area contributed by atoms with E-state index in [2.05, 4.69) is 0 Å². The zero-order valence-corrected chi connectivity index (χ0v) is 12.5. The molecule has 120 valence electrons. The lowest BCUT2D eigenvalue weighted by molar-refractivity contribution is -0.140. The molecule has 0 spiro atoms. The molecule has 1 N–H and O–H groups in total. The largest absolute Gasteiger partial charge is 0.489 e. The van der Waals surface area contributed by atoms with Gasteiger partial charge < -0.3 is 14.7 Å². The lowest BCUT2D eigenvalue weighted by Crippen LogP contribution is -2.28. The van der Waals surface area contributed by atoms with Gasteiger partial charge in [0.25, 0.3) is 0 Å². The van der Waals surface area contributed by atoms with Crippen LogP contribution in [-0.2, 0) is 16.2 Å². The van der Waals surface area contributed by atoms with Gasteiger partial charge in [-0.15, -0.1) is 0 Å². The minimum Gasteiger partial charge on any atom is -0.489 e. The second-order valence-electron chi connectivity index (χ2n) is 4.94. The predicted molar refractivity (Wildman–Crippen MR) is 82.8 cm³/mol. The van der Waals surface area contributed by atoms with Crippen LogP contribution in [0.2, 0.25) is 0 Å². The fourth-order valence-corrected chi connectivity index (χ4v) is 1.95. The van der Waals surface area contributed by atoms with Crippen molar-refractivity contribution in [3.63, 3.8) is 0 Å². The fourth-order valence-electron chi connectivity index (χ4n) is 1.95. The van der Waals surface area contributed by atoms with Gasteiger partial charge >= 0.3 is 5.97 Å². The van der Waals surface area contributed by atoms with E-state index in [-0.39, 0.29) is 12.4 Å². The first-order valence-electron chi connectivity index (χ1n) is 6.91. The highest BCUT2D eigenvalue weighted by atomic mass is 19.1. The van der Waals surface area contributed by atoms with E-state index in [9.17, 15) is 14.0 Å². The van der Waals surface area contributed by atoms with Gasteiger partial charge in [0.1, 0.15) is 24.6 Å². The quantitative estimate of drug-likeness (QED) is 0.832. The van der Waals surface area contributed by atoms with Crippen molar-refractivity contribution in [3.05, 3.63) is 59.9 Å². The van der Waals surface area contributed by atoms with Crippen molar-refractivity contribution < 1.29 is 23.8 Å². The molecule has 0 aliphatic heterocycles. The molecular weight excluding hydrogens is 301 g/mol. The number of hydrogen-bond donors (Lipinski definition) is 1. The van der Waals surface area contributed by atoms with Crippen LogP contribution in [-0.4, -0.2) is 24.0 Å². The van der Waals surface area contributed by atoms with E-state index >= 15 is 0 Å². The Bertz CT molecular complexity index is 700. The number of carboxylic acid groups (broad SMARTS) is 1. The van der Waals surface area contributed by atoms with Gasteiger partial charge in [-0.3, -0.25) is 9.59 Å². The van der Waals surface area contributed by atoms with Crippen LogP contribution in [0.1, 0.15) is 12.0 Å². The molecule has 0 bridgehead atoms. The molecule has 0 fully saturated rings. The molecule has 6 heteroatoms. The van der Waals surface area contributed by atoms with Gasteiger partial charge in [-0.1, -0.05) is 12.1 Å². The number of rotatable bonds is 6. The number of ether oxygens (including phenoxy) is 1. The van der Waals surface area contributed by atoms with Crippen molar-refractivity contribution in [3.8, 4) is 5.75 Å². The summed E-state index contributed by atoms with van der Waals surface area (Å²) in [5.41, 5.74) is 1.28. The molecule has 0 saturated heterocycles. The number of carboxylic acids is 1. The molecule has 2 rings (SSSR count). The first-order valence-corrected chi connectivity index (χ1v) is 6.91. The van der Waals surface area contributed by atoms with Gasteiger partial charge in [0.05, 0.1) is 0 Å². The third-order valence-corrected chi connectivity index (χ3v) is 3.20. The summed E-state index contributed by atoms with van der Waals surface area (Å²) in [6.07, 6.45) is -0.561. The molecule has 0 unspecified atom stereocenters. The highest BCUT2D eigenvalue weighted by molar-refractivity contribution is 6.02. The monoisotopic (exact) mass is 317 g/mol. The molecular formula is C17H16FNO4. The van der Waals surface area contributed by atoms with Crippen molar-refractivity contribution >= 4 is 17.6 Å². The number of nitrogens with zero attached hydrogens (tertiary/aromatic N) is 1. The van der Waals surface area contributed by atoms with E-state index in [0.717, 1.165) is 0 Å². The maximum absolute atomic E-state index is 13.1. The zero-order chi connectivity index (χ0) is 16.8. The molecule has 0 aromatic heterocycles. The molecule has 5 nitrogen and oxygen atoms in total. The number of amides is 1. The Morgan fingerprint density at radius 2 is 1.87 bits per heavy atom. The van der Waals surface area contributed by atoms with E-state index in [1.807, 2.05) is 0 Å². The van der Waals surface area contributed by atoms with Crippen LogP contribution in [0.5, 0.6) is 5.75 Å². The molecule has 0 radical (unpaired) electrons. The summed E-state index contributed by atoms with van der Waals surface area (Å²) in [6.45, 7) is 0.227. The summed E-state index contributed by atoms with van der Waals surface area (Å²) in [6, 6.07) is 12.8. The van der Waals surface area contributed by atoms with E-state index in [4.69, 9.17) is 9.84 Å². The highest BCUT2D eigenvalue weighted by Gasteiger charge is 2.14. The molecule has 0 heterocycles. The van der Waals surface area contributed by atoms with Gasteiger partial charge in [0, 0.05) is 12.7 Å².